The van der Waals surface area contributed by atoms with Gasteiger partial charge in [-0.3, -0.25) is 4.79 Å². The van der Waals surface area contributed by atoms with E-state index in [9.17, 15) is 4.79 Å². The van der Waals surface area contributed by atoms with Gasteiger partial charge in [0.25, 0.3) is 0 Å². The van der Waals surface area contributed by atoms with Crippen molar-refractivity contribution >= 4 is 11.6 Å². The van der Waals surface area contributed by atoms with Crippen molar-refractivity contribution in [3.05, 3.63) is 30.2 Å². The smallest absolute Gasteiger partial charge is 0.320 e. The summed E-state index contributed by atoms with van der Waals surface area (Å²) in [5, 5.41) is 16.3. The Bertz CT molecular complexity index is 580. The fourth-order valence-electron chi connectivity index (χ4n) is 2.54. The van der Waals surface area contributed by atoms with Crippen molar-refractivity contribution in [2.24, 2.45) is 0 Å². The zero-order valence-corrected chi connectivity index (χ0v) is 9.78. The van der Waals surface area contributed by atoms with Gasteiger partial charge in [0.2, 0.25) is 0 Å². The van der Waals surface area contributed by atoms with Crippen molar-refractivity contribution < 1.29 is 9.90 Å². The highest BCUT2D eigenvalue weighted by atomic mass is 16.4. The van der Waals surface area contributed by atoms with E-state index in [1.165, 1.54) is 0 Å². The number of piperidine rings is 1. The molecule has 3 rings (SSSR count). The van der Waals surface area contributed by atoms with Crippen molar-refractivity contribution in [1.29, 1.82) is 0 Å². The largest absolute Gasteiger partial charge is 0.480 e. The van der Waals surface area contributed by atoms with Gasteiger partial charge in [0.05, 0.1) is 6.20 Å². The maximum atomic E-state index is 11.0. The van der Waals surface area contributed by atoms with E-state index in [1.54, 1.807) is 16.9 Å². The van der Waals surface area contributed by atoms with Crippen LogP contribution >= 0.6 is 0 Å². The Hall–Kier alpha value is -1.95. The number of carboxylic acid groups (broad SMARTS) is 1. The molecule has 0 saturated carbocycles. The maximum Gasteiger partial charge on any atom is 0.320 e. The zero-order chi connectivity index (χ0) is 12.5. The van der Waals surface area contributed by atoms with Gasteiger partial charge in [0.1, 0.15) is 6.04 Å². The highest BCUT2D eigenvalue weighted by Gasteiger charge is 2.28. The van der Waals surface area contributed by atoms with E-state index in [0.717, 1.165) is 17.8 Å². The van der Waals surface area contributed by atoms with Crippen molar-refractivity contribution in [1.82, 2.24) is 19.9 Å². The van der Waals surface area contributed by atoms with E-state index in [1.807, 2.05) is 12.1 Å². The van der Waals surface area contributed by atoms with Gasteiger partial charge in [-0.25, -0.2) is 9.50 Å². The van der Waals surface area contributed by atoms with Crippen molar-refractivity contribution in [3.63, 3.8) is 0 Å². The van der Waals surface area contributed by atoms with E-state index in [4.69, 9.17) is 5.11 Å². The van der Waals surface area contributed by atoms with E-state index in [-0.39, 0.29) is 5.92 Å². The number of aliphatic carboxylic acids is 1. The molecule has 0 aliphatic carbocycles. The molecule has 2 unspecified atom stereocenters. The quantitative estimate of drug-likeness (QED) is 0.813. The number of nitrogens with zero attached hydrogens (tertiary/aromatic N) is 3. The van der Waals surface area contributed by atoms with Crippen molar-refractivity contribution in [3.8, 4) is 0 Å². The lowest BCUT2D eigenvalue weighted by molar-refractivity contribution is -0.140. The predicted molar refractivity (Wildman–Crippen MR) is 64.4 cm³/mol. The van der Waals surface area contributed by atoms with Gasteiger partial charge in [-0.1, -0.05) is 0 Å². The van der Waals surface area contributed by atoms with Crippen LogP contribution in [-0.2, 0) is 4.79 Å². The molecule has 18 heavy (non-hydrogen) atoms. The minimum absolute atomic E-state index is 0.206. The summed E-state index contributed by atoms with van der Waals surface area (Å²) < 4.78 is 1.80. The lowest BCUT2D eigenvalue weighted by Crippen LogP contribution is -2.43. The Morgan fingerprint density at radius 3 is 3.17 bits per heavy atom. The summed E-state index contributed by atoms with van der Waals surface area (Å²) in [7, 11) is 0. The molecule has 0 amide bonds. The molecular weight excluding hydrogens is 232 g/mol. The van der Waals surface area contributed by atoms with E-state index >= 15 is 0 Å². The molecule has 6 heteroatoms. The molecule has 0 spiro atoms. The molecule has 6 nitrogen and oxygen atoms in total. The molecule has 0 bridgehead atoms. The lowest BCUT2D eigenvalue weighted by atomic mass is 9.89. The first-order valence-corrected chi connectivity index (χ1v) is 6.00. The summed E-state index contributed by atoms with van der Waals surface area (Å²) in [6, 6.07) is 3.30. The summed E-state index contributed by atoms with van der Waals surface area (Å²) in [6.45, 7) is 0.715. The van der Waals surface area contributed by atoms with Gasteiger partial charge in [-0.2, -0.15) is 5.10 Å². The van der Waals surface area contributed by atoms with Crippen LogP contribution in [0.3, 0.4) is 0 Å². The molecule has 1 fully saturated rings. The molecule has 0 aromatic carbocycles. The Morgan fingerprint density at radius 2 is 2.33 bits per heavy atom. The van der Waals surface area contributed by atoms with Crippen LogP contribution in [0.15, 0.2) is 24.5 Å². The highest BCUT2D eigenvalue weighted by Crippen LogP contribution is 2.27. The first kappa shape index (κ1) is 11.2. The standard InChI is InChI=1S/C12H14N4O2/c17-12(18)9-7-8(1-4-13-9)10-2-5-14-11-3-6-15-16(10)11/h2-3,5-6,8-9,13H,1,4,7H2,(H,17,18). The van der Waals surface area contributed by atoms with Crippen molar-refractivity contribution in [2.75, 3.05) is 6.54 Å². The van der Waals surface area contributed by atoms with Gasteiger partial charge >= 0.3 is 5.97 Å². The summed E-state index contributed by atoms with van der Waals surface area (Å²) in [5.74, 6) is -0.580. The fraction of sp³-hybridized carbons (Fsp3) is 0.417. The molecule has 2 N–H and O–H groups in total. The number of hydrogen-bond donors (Lipinski definition) is 2. The Labute approximate surface area is 104 Å². The SMILES string of the molecule is O=C(O)C1CC(c2ccnc3ccnn23)CCN1. The second kappa shape index (κ2) is 4.38. The first-order chi connectivity index (χ1) is 8.75. The number of aromatic nitrogens is 3. The molecule has 2 aromatic rings. The van der Waals surface area contributed by atoms with Gasteiger partial charge < -0.3 is 10.4 Å². The Kier molecular flexibility index (Phi) is 2.71. The predicted octanol–water partition coefficient (Wildman–Crippen LogP) is 0.649. The topological polar surface area (TPSA) is 79.5 Å². The molecule has 1 aliphatic heterocycles. The summed E-state index contributed by atoms with van der Waals surface area (Å²) >= 11 is 0. The van der Waals surface area contributed by atoms with Crippen LogP contribution < -0.4 is 5.32 Å². The number of carbonyl (C=O) groups is 1. The average molecular weight is 246 g/mol. The van der Waals surface area contributed by atoms with Crippen LogP contribution in [-0.4, -0.2) is 38.3 Å². The Balaban J connectivity index is 1.94. The fourth-order valence-corrected chi connectivity index (χ4v) is 2.54. The van der Waals surface area contributed by atoms with E-state index in [2.05, 4.69) is 15.4 Å². The Morgan fingerprint density at radius 1 is 1.44 bits per heavy atom. The van der Waals surface area contributed by atoms with Gasteiger partial charge in [-0.15, -0.1) is 0 Å². The van der Waals surface area contributed by atoms with Gasteiger partial charge in [-0.05, 0) is 25.5 Å². The average Bonchev–Trinajstić information content (AvgIpc) is 2.87. The minimum Gasteiger partial charge on any atom is -0.480 e. The summed E-state index contributed by atoms with van der Waals surface area (Å²) in [4.78, 5) is 15.3. The van der Waals surface area contributed by atoms with Gasteiger partial charge in [0.15, 0.2) is 5.65 Å². The zero-order valence-electron chi connectivity index (χ0n) is 9.78. The summed E-state index contributed by atoms with van der Waals surface area (Å²) in [5.41, 5.74) is 1.84. The van der Waals surface area contributed by atoms with Crippen molar-refractivity contribution in [2.45, 2.75) is 24.8 Å². The molecule has 2 aromatic heterocycles. The lowest BCUT2D eigenvalue weighted by Gasteiger charge is -2.28. The minimum atomic E-state index is -0.787. The summed E-state index contributed by atoms with van der Waals surface area (Å²) in [6.07, 6.45) is 4.98. The van der Waals surface area contributed by atoms with Crippen LogP contribution in [0.5, 0.6) is 0 Å². The van der Waals surface area contributed by atoms with E-state index in [0.29, 0.717) is 13.0 Å². The van der Waals surface area contributed by atoms with Crippen LogP contribution in [0.4, 0.5) is 0 Å². The molecule has 3 heterocycles. The number of rotatable bonds is 2. The third kappa shape index (κ3) is 1.84. The molecule has 2 atom stereocenters. The first-order valence-electron chi connectivity index (χ1n) is 6.00. The molecule has 0 radical (unpaired) electrons. The second-order valence-electron chi connectivity index (χ2n) is 4.54. The number of carboxylic acids is 1. The van der Waals surface area contributed by atoms with Gasteiger partial charge in [0, 0.05) is 23.9 Å². The number of fused-ring (bicyclic) bond motifs is 1. The molecule has 94 valence electrons. The second-order valence-corrected chi connectivity index (χ2v) is 4.54. The monoisotopic (exact) mass is 246 g/mol. The molecular formula is C12H14N4O2. The van der Waals surface area contributed by atoms with Crippen LogP contribution in [0.1, 0.15) is 24.5 Å². The normalized spacial score (nSPS) is 24.2. The molecule has 1 aliphatic rings. The number of nitrogens with one attached hydrogen (secondary N) is 1. The van der Waals surface area contributed by atoms with Crippen LogP contribution in [0.2, 0.25) is 0 Å². The molecule has 1 saturated heterocycles. The highest BCUT2D eigenvalue weighted by molar-refractivity contribution is 5.73. The van der Waals surface area contributed by atoms with E-state index < -0.39 is 12.0 Å². The maximum absolute atomic E-state index is 11.0. The van der Waals surface area contributed by atoms with Crippen LogP contribution in [0, 0.1) is 0 Å². The van der Waals surface area contributed by atoms with Crippen LogP contribution in [0.25, 0.3) is 5.65 Å². The third-order valence-corrected chi connectivity index (χ3v) is 3.44. The number of hydrogen-bond acceptors (Lipinski definition) is 4. The third-order valence-electron chi connectivity index (χ3n) is 3.44.